The molecule has 1 N–H and O–H groups in total. The second-order valence-electron chi connectivity index (χ2n) is 6.43. The van der Waals surface area contributed by atoms with Crippen LogP contribution < -0.4 is 5.32 Å². The second-order valence-corrected chi connectivity index (χ2v) is 6.43. The van der Waals surface area contributed by atoms with Crippen LogP contribution in [0.4, 0.5) is 4.39 Å². The number of hydrogen-bond acceptors (Lipinski definition) is 1. The topological polar surface area (TPSA) is 34.0 Å². The maximum absolute atomic E-state index is 14.1. The van der Waals surface area contributed by atoms with E-state index in [0.717, 1.165) is 33.2 Å². The molecule has 0 aliphatic heterocycles. The molecule has 0 unspecified atom stereocenters. The molecule has 27 heavy (non-hydrogen) atoms. The number of amides is 1. The van der Waals surface area contributed by atoms with Crippen molar-refractivity contribution >= 4 is 16.8 Å². The third-order valence-electron chi connectivity index (χ3n) is 4.88. The lowest BCUT2D eigenvalue weighted by atomic mass is 9.92. The smallest absolute Gasteiger partial charge is 0.268 e. The van der Waals surface area contributed by atoms with Gasteiger partial charge in [0.25, 0.3) is 5.91 Å². The number of nitrogens with one attached hydrogen (secondary N) is 1. The van der Waals surface area contributed by atoms with Crippen LogP contribution in [0.3, 0.4) is 0 Å². The summed E-state index contributed by atoms with van der Waals surface area (Å²) in [5.74, 6) is -0.526. The van der Waals surface area contributed by atoms with Gasteiger partial charge in [0.05, 0.1) is 0 Å². The number of benzene rings is 3. The van der Waals surface area contributed by atoms with E-state index in [1.807, 2.05) is 66.2 Å². The van der Waals surface area contributed by atoms with Crippen molar-refractivity contribution in [1.29, 1.82) is 0 Å². The molecule has 0 saturated carbocycles. The van der Waals surface area contributed by atoms with Gasteiger partial charge in [0.1, 0.15) is 11.5 Å². The summed E-state index contributed by atoms with van der Waals surface area (Å²) in [5, 5.41) is 3.44. The maximum Gasteiger partial charge on any atom is 0.268 e. The Hall–Kier alpha value is -3.40. The highest BCUT2D eigenvalue weighted by atomic mass is 19.1. The molecule has 0 aliphatic rings. The van der Waals surface area contributed by atoms with E-state index < -0.39 is 0 Å². The number of rotatable bonds is 3. The molecule has 0 aliphatic carbocycles. The minimum Gasteiger partial charge on any atom is -0.354 e. The monoisotopic (exact) mass is 358 g/mol. The van der Waals surface area contributed by atoms with E-state index in [1.165, 1.54) is 12.1 Å². The highest BCUT2D eigenvalue weighted by Crippen LogP contribution is 2.40. The van der Waals surface area contributed by atoms with Gasteiger partial charge in [0, 0.05) is 30.6 Å². The van der Waals surface area contributed by atoms with Gasteiger partial charge in [-0.1, -0.05) is 54.6 Å². The van der Waals surface area contributed by atoms with Crippen molar-refractivity contribution in [3.05, 3.63) is 84.3 Å². The first kappa shape index (κ1) is 17.0. The Balaban J connectivity index is 2.12. The molecule has 4 aromatic rings. The van der Waals surface area contributed by atoms with Crippen LogP contribution in [0.25, 0.3) is 33.2 Å². The molecule has 134 valence electrons. The van der Waals surface area contributed by atoms with Crippen LogP contribution in [0.5, 0.6) is 0 Å². The van der Waals surface area contributed by atoms with Crippen LogP contribution in [0.15, 0.2) is 72.8 Å². The number of nitrogens with zero attached hydrogens (tertiary/aromatic N) is 1. The minimum absolute atomic E-state index is 0.202. The van der Waals surface area contributed by atoms with Gasteiger partial charge in [-0.05, 0) is 34.9 Å². The van der Waals surface area contributed by atoms with E-state index in [-0.39, 0.29) is 11.7 Å². The molecule has 0 atom stereocenters. The molecule has 0 spiro atoms. The Kier molecular flexibility index (Phi) is 4.24. The molecule has 0 radical (unpaired) electrons. The lowest BCUT2D eigenvalue weighted by molar-refractivity contribution is 0.0956. The summed E-state index contributed by atoms with van der Waals surface area (Å²) < 4.78 is 15.9. The number of hydrogen-bond donors (Lipinski definition) is 1. The third-order valence-corrected chi connectivity index (χ3v) is 4.88. The standard InChI is InChI=1S/C23H19FN2O/c1-25-23(27)22-21(19-14-16(24)12-13-20(19)26(22)2)18-11-7-6-10-17(18)15-8-4-3-5-9-15/h3-14H,1-2H3,(H,25,27). The molecule has 0 fully saturated rings. The summed E-state index contributed by atoms with van der Waals surface area (Å²) in [4.78, 5) is 12.7. The maximum atomic E-state index is 14.1. The lowest BCUT2D eigenvalue weighted by Gasteiger charge is -2.12. The van der Waals surface area contributed by atoms with Crippen molar-refractivity contribution in [2.24, 2.45) is 7.05 Å². The number of aryl methyl sites for hydroxylation is 1. The summed E-state index contributed by atoms with van der Waals surface area (Å²) in [6, 6.07) is 22.5. The first-order chi connectivity index (χ1) is 13.1. The Morgan fingerprint density at radius 3 is 2.30 bits per heavy atom. The van der Waals surface area contributed by atoms with Crippen LogP contribution >= 0.6 is 0 Å². The van der Waals surface area contributed by atoms with Gasteiger partial charge in [0.15, 0.2) is 0 Å². The van der Waals surface area contributed by atoms with Crippen LogP contribution in [-0.4, -0.2) is 17.5 Å². The van der Waals surface area contributed by atoms with E-state index in [9.17, 15) is 9.18 Å². The predicted molar refractivity (Wildman–Crippen MR) is 107 cm³/mol. The average Bonchev–Trinajstić information content (AvgIpc) is 2.99. The number of fused-ring (bicyclic) bond motifs is 1. The lowest BCUT2D eigenvalue weighted by Crippen LogP contribution is -2.21. The number of aromatic nitrogens is 1. The van der Waals surface area contributed by atoms with Gasteiger partial charge in [-0.15, -0.1) is 0 Å². The average molecular weight is 358 g/mol. The molecule has 1 aromatic heterocycles. The molecule has 1 heterocycles. The van der Waals surface area contributed by atoms with Gasteiger partial charge < -0.3 is 9.88 Å². The Morgan fingerprint density at radius 1 is 0.926 bits per heavy atom. The molecule has 4 rings (SSSR count). The quantitative estimate of drug-likeness (QED) is 0.549. The summed E-state index contributed by atoms with van der Waals surface area (Å²) >= 11 is 0. The minimum atomic E-state index is -0.324. The molecule has 0 bridgehead atoms. The Labute approximate surface area is 157 Å². The fourth-order valence-electron chi connectivity index (χ4n) is 3.64. The Morgan fingerprint density at radius 2 is 1.59 bits per heavy atom. The summed E-state index contributed by atoms with van der Waals surface area (Å²) in [6.45, 7) is 0. The van der Waals surface area contributed by atoms with E-state index in [1.54, 1.807) is 13.1 Å². The Bertz CT molecular complexity index is 1150. The van der Waals surface area contributed by atoms with Crippen LogP contribution in [0, 0.1) is 5.82 Å². The van der Waals surface area contributed by atoms with Crippen molar-refractivity contribution in [3.8, 4) is 22.3 Å². The van der Waals surface area contributed by atoms with Crippen molar-refractivity contribution in [1.82, 2.24) is 9.88 Å². The SMILES string of the molecule is CNC(=O)c1c(-c2ccccc2-c2ccccc2)c2cc(F)ccc2n1C. The second kappa shape index (κ2) is 6.72. The number of carbonyl (C=O) groups is 1. The summed E-state index contributed by atoms with van der Waals surface area (Å²) in [6.07, 6.45) is 0. The molecule has 1 amide bonds. The third kappa shape index (κ3) is 2.79. The summed E-state index contributed by atoms with van der Waals surface area (Å²) in [7, 11) is 3.44. The molecule has 3 aromatic carbocycles. The zero-order valence-corrected chi connectivity index (χ0v) is 15.2. The van der Waals surface area contributed by atoms with E-state index in [0.29, 0.717) is 5.69 Å². The van der Waals surface area contributed by atoms with Gasteiger partial charge in [-0.25, -0.2) is 4.39 Å². The van der Waals surface area contributed by atoms with Crippen molar-refractivity contribution < 1.29 is 9.18 Å². The van der Waals surface area contributed by atoms with Gasteiger partial charge in [-0.2, -0.15) is 0 Å². The van der Waals surface area contributed by atoms with Crippen molar-refractivity contribution in [2.45, 2.75) is 0 Å². The molecular weight excluding hydrogens is 339 g/mol. The zero-order valence-electron chi connectivity index (χ0n) is 15.2. The predicted octanol–water partition coefficient (Wildman–Crippen LogP) is 5.01. The molecule has 3 nitrogen and oxygen atoms in total. The van der Waals surface area contributed by atoms with Gasteiger partial charge in [-0.3, -0.25) is 4.79 Å². The zero-order chi connectivity index (χ0) is 19.0. The van der Waals surface area contributed by atoms with Crippen molar-refractivity contribution in [2.75, 3.05) is 7.05 Å². The first-order valence-corrected chi connectivity index (χ1v) is 8.76. The molecule has 4 heteroatoms. The molecule has 0 saturated heterocycles. The largest absolute Gasteiger partial charge is 0.354 e. The highest BCUT2D eigenvalue weighted by Gasteiger charge is 2.23. The highest BCUT2D eigenvalue weighted by molar-refractivity contribution is 6.12. The normalized spacial score (nSPS) is 10.9. The summed E-state index contributed by atoms with van der Waals surface area (Å²) in [5.41, 5.74) is 5.02. The van der Waals surface area contributed by atoms with E-state index in [2.05, 4.69) is 5.32 Å². The van der Waals surface area contributed by atoms with Crippen LogP contribution in [0.1, 0.15) is 10.5 Å². The fraction of sp³-hybridized carbons (Fsp3) is 0.0870. The van der Waals surface area contributed by atoms with Crippen LogP contribution in [-0.2, 0) is 7.05 Å². The van der Waals surface area contributed by atoms with Crippen LogP contribution in [0.2, 0.25) is 0 Å². The number of halogens is 1. The van der Waals surface area contributed by atoms with E-state index in [4.69, 9.17) is 0 Å². The molecular formula is C23H19FN2O. The number of carbonyl (C=O) groups excluding carboxylic acids is 1. The fourth-order valence-corrected chi connectivity index (χ4v) is 3.64. The van der Waals surface area contributed by atoms with Gasteiger partial charge in [0.2, 0.25) is 0 Å². The van der Waals surface area contributed by atoms with E-state index >= 15 is 0 Å². The first-order valence-electron chi connectivity index (χ1n) is 8.76. The van der Waals surface area contributed by atoms with Crippen molar-refractivity contribution in [3.63, 3.8) is 0 Å². The van der Waals surface area contributed by atoms with Gasteiger partial charge >= 0.3 is 0 Å².